The smallest absolute Gasteiger partial charge is 0.237 e. The van der Waals surface area contributed by atoms with Crippen molar-refractivity contribution in [1.29, 1.82) is 0 Å². The van der Waals surface area contributed by atoms with Crippen molar-refractivity contribution in [3.05, 3.63) is 35.6 Å². The maximum atomic E-state index is 12.9. The highest BCUT2D eigenvalue weighted by Crippen LogP contribution is 2.19. The van der Waals surface area contributed by atoms with Crippen LogP contribution in [-0.2, 0) is 11.3 Å². The predicted molar refractivity (Wildman–Crippen MR) is 105 cm³/mol. The number of nitrogens with zero attached hydrogens (tertiary/aromatic N) is 1. The number of carbonyl (C=O) groups is 1. The zero-order valence-electron chi connectivity index (χ0n) is 15.1. The van der Waals surface area contributed by atoms with Gasteiger partial charge in [-0.1, -0.05) is 32.9 Å². The summed E-state index contributed by atoms with van der Waals surface area (Å²) in [4.78, 5) is 14.5. The number of likely N-dealkylation sites (tertiary alicyclic amines) is 1. The lowest BCUT2D eigenvalue weighted by Gasteiger charge is -2.34. The Labute approximate surface area is 162 Å². The molecule has 1 aliphatic rings. The molecule has 1 heterocycles. The van der Waals surface area contributed by atoms with Gasteiger partial charge >= 0.3 is 0 Å². The van der Waals surface area contributed by atoms with E-state index >= 15 is 0 Å². The van der Waals surface area contributed by atoms with Crippen molar-refractivity contribution >= 4 is 30.7 Å². The lowest BCUT2D eigenvalue weighted by Crippen LogP contribution is -2.53. The molecule has 2 rings (SSSR count). The zero-order chi connectivity index (χ0) is 17.0. The van der Waals surface area contributed by atoms with E-state index in [-0.39, 0.29) is 48.0 Å². The van der Waals surface area contributed by atoms with Gasteiger partial charge in [-0.05, 0) is 36.0 Å². The summed E-state index contributed by atoms with van der Waals surface area (Å²) in [5.74, 6) is -0.264. The number of carbonyl (C=O) groups excluding carboxylic acids is 1. The molecule has 1 atom stereocenters. The third-order valence-electron chi connectivity index (χ3n) is 4.47. The Hall–Kier alpha value is -0.880. The summed E-state index contributed by atoms with van der Waals surface area (Å²) in [6.45, 7) is 8.59. The fourth-order valence-corrected chi connectivity index (χ4v) is 2.77. The second-order valence-electron chi connectivity index (χ2n) is 7.53. The third-order valence-corrected chi connectivity index (χ3v) is 4.47. The first kappa shape index (κ1) is 24.1. The molecule has 0 aromatic heterocycles. The molecule has 0 aliphatic carbocycles. The molecule has 1 saturated heterocycles. The van der Waals surface area contributed by atoms with Crippen LogP contribution in [0.5, 0.6) is 0 Å². The molecular formula is C18H30Cl2FN3O. The predicted octanol–water partition coefficient (Wildman–Crippen LogP) is 3.12. The minimum Gasteiger partial charge on any atom is -0.352 e. The zero-order valence-corrected chi connectivity index (χ0v) is 16.8. The molecule has 25 heavy (non-hydrogen) atoms. The summed E-state index contributed by atoms with van der Waals surface area (Å²) in [6.07, 6.45) is 1.84. The van der Waals surface area contributed by atoms with Crippen molar-refractivity contribution in [2.75, 3.05) is 13.1 Å². The minimum absolute atomic E-state index is 0. The number of rotatable bonds is 4. The van der Waals surface area contributed by atoms with Gasteiger partial charge in [-0.25, -0.2) is 4.39 Å². The van der Waals surface area contributed by atoms with Crippen molar-refractivity contribution in [2.24, 2.45) is 11.1 Å². The molecule has 0 radical (unpaired) electrons. The van der Waals surface area contributed by atoms with Gasteiger partial charge < -0.3 is 11.1 Å². The quantitative estimate of drug-likeness (QED) is 0.825. The number of amides is 1. The van der Waals surface area contributed by atoms with Crippen LogP contribution < -0.4 is 11.1 Å². The highest BCUT2D eigenvalue weighted by molar-refractivity contribution is 5.85. The number of nitrogens with one attached hydrogen (secondary N) is 1. The fraction of sp³-hybridized carbons (Fsp3) is 0.611. The monoisotopic (exact) mass is 393 g/mol. The number of benzene rings is 1. The fourth-order valence-electron chi connectivity index (χ4n) is 2.77. The van der Waals surface area contributed by atoms with Gasteiger partial charge in [0, 0.05) is 25.7 Å². The van der Waals surface area contributed by atoms with Crippen molar-refractivity contribution in [3.63, 3.8) is 0 Å². The second-order valence-corrected chi connectivity index (χ2v) is 7.53. The van der Waals surface area contributed by atoms with Crippen LogP contribution in [0, 0.1) is 11.2 Å². The van der Waals surface area contributed by atoms with Gasteiger partial charge in [0.15, 0.2) is 0 Å². The van der Waals surface area contributed by atoms with E-state index in [4.69, 9.17) is 5.73 Å². The molecule has 144 valence electrons. The van der Waals surface area contributed by atoms with Crippen molar-refractivity contribution in [3.8, 4) is 0 Å². The normalized spacial score (nSPS) is 17.2. The highest BCUT2D eigenvalue weighted by Gasteiger charge is 2.29. The average Bonchev–Trinajstić information content (AvgIpc) is 2.50. The van der Waals surface area contributed by atoms with Gasteiger partial charge in [-0.2, -0.15) is 0 Å². The van der Waals surface area contributed by atoms with Crippen LogP contribution in [0.3, 0.4) is 0 Å². The SMILES string of the molecule is CC(C)(C)[C@H](N)C(=O)NC1CCN(Cc2ccc(F)cc2)CC1.Cl.Cl. The van der Waals surface area contributed by atoms with Gasteiger partial charge in [-0.15, -0.1) is 24.8 Å². The van der Waals surface area contributed by atoms with Crippen LogP contribution in [0.15, 0.2) is 24.3 Å². The van der Waals surface area contributed by atoms with Gasteiger partial charge in [0.05, 0.1) is 6.04 Å². The number of nitrogens with two attached hydrogens (primary N) is 1. The molecule has 0 bridgehead atoms. The first-order valence-electron chi connectivity index (χ1n) is 8.28. The molecule has 3 N–H and O–H groups in total. The topological polar surface area (TPSA) is 58.4 Å². The van der Waals surface area contributed by atoms with Crippen molar-refractivity contribution in [2.45, 2.75) is 52.2 Å². The Morgan fingerprint density at radius 2 is 1.76 bits per heavy atom. The molecule has 1 fully saturated rings. The summed E-state index contributed by atoms with van der Waals surface area (Å²) in [7, 11) is 0. The van der Waals surface area contributed by atoms with Crippen molar-refractivity contribution in [1.82, 2.24) is 10.2 Å². The van der Waals surface area contributed by atoms with Gasteiger partial charge in [0.25, 0.3) is 0 Å². The number of hydrogen-bond acceptors (Lipinski definition) is 3. The van der Waals surface area contributed by atoms with Gasteiger partial charge in [0.2, 0.25) is 5.91 Å². The van der Waals surface area contributed by atoms with Crippen LogP contribution >= 0.6 is 24.8 Å². The lowest BCUT2D eigenvalue weighted by atomic mass is 9.86. The van der Waals surface area contributed by atoms with Crippen LogP contribution in [0.2, 0.25) is 0 Å². The van der Waals surface area contributed by atoms with Crippen molar-refractivity contribution < 1.29 is 9.18 Å². The minimum atomic E-state index is -0.486. The summed E-state index contributed by atoms with van der Waals surface area (Å²) in [5.41, 5.74) is 6.89. The highest BCUT2D eigenvalue weighted by atomic mass is 35.5. The number of piperidine rings is 1. The Kier molecular flexibility index (Phi) is 9.95. The molecule has 0 unspecified atom stereocenters. The van der Waals surface area contributed by atoms with E-state index in [0.29, 0.717) is 0 Å². The maximum absolute atomic E-state index is 12.9. The first-order chi connectivity index (χ1) is 10.8. The molecule has 0 saturated carbocycles. The average molecular weight is 394 g/mol. The van der Waals surface area contributed by atoms with E-state index in [1.807, 2.05) is 32.9 Å². The second kappa shape index (κ2) is 10.3. The molecule has 0 spiro atoms. The summed E-state index contributed by atoms with van der Waals surface area (Å²) < 4.78 is 12.9. The molecule has 4 nitrogen and oxygen atoms in total. The van der Waals surface area contributed by atoms with Gasteiger partial charge in [-0.3, -0.25) is 9.69 Å². The molecule has 1 aromatic rings. The molecule has 1 amide bonds. The maximum Gasteiger partial charge on any atom is 0.237 e. The Morgan fingerprint density at radius 1 is 1.24 bits per heavy atom. The summed E-state index contributed by atoms with van der Waals surface area (Å²) in [5, 5.41) is 3.08. The van der Waals surface area contributed by atoms with E-state index < -0.39 is 6.04 Å². The van der Waals surface area contributed by atoms with Crippen LogP contribution in [0.25, 0.3) is 0 Å². The van der Waals surface area contributed by atoms with Crippen LogP contribution in [0.4, 0.5) is 4.39 Å². The summed E-state index contributed by atoms with van der Waals surface area (Å²) in [6, 6.07) is 6.35. The lowest BCUT2D eigenvalue weighted by molar-refractivity contribution is -0.125. The Balaban J connectivity index is 0.00000288. The molecule has 1 aromatic carbocycles. The number of hydrogen-bond donors (Lipinski definition) is 2. The Bertz CT molecular complexity index is 526. The largest absolute Gasteiger partial charge is 0.352 e. The Morgan fingerprint density at radius 3 is 2.24 bits per heavy atom. The van der Waals surface area contributed by atoms with E-state index in [1.165, 1.54) is 12.1 Å². The van der Waals surface area contributed by atoms with E-state index in [2.05, 4.69) is 10.2 Å². The third kappa shape index (κ3) is 7.48. The standard InChI is InChI=1S/C18H28FN3O.2ClH/c1-18(2,3)16(20)17(23)21-15-8-10-22(11-9-15)12-13-4-6-14(19)7-5-13;;/h4-7,15-16H,8-12,20H2,1-3H3,(H,21,23);2*1H/t16-;;/m1../s1. The van der Waals surface area contributed by atoms with E-state index in [9.17, 15) is 9.18 Å². The summed E-state index contributed by atoms with van der Waals surface area (Å²) >= 11 is 0. The van der Waals surface area contributed by atoms with Crippen LogP contribution in [-0.4, -0.2) is 36.0 Å². The van der Waals surface area contributed by atoms with Crippen LogP contribution in [0.1, 0.15) is 39.2 Å². The number of halogens is 3. The molecular weight excluding hydrogens is 364 g/mol. The first-order valence-corrected chi connectivity index (χ1v) is 8.28. The van der Waals surface area contributed by atoms with E-state index in [1.54, 1.807) is 0 Å². The van der Waals surface area contributed by atoms with Gasteiger partial charge in [0.1, 0.15) is 5.82 Å². The molecule has 7 heteroatoms. The molecule has 1 aliphatic heterocycles. The van der Waals surface area contributed by atoms with E-state index in [0.717, 1.165) is 38.0 Å².